The number of carbonyl (C=O) groups is 3. The molecule has 0 fully saturated rings. The molecule has 0 aromatic heterocycles. The number of hydrogen-bond acceptors (Lipinski definition) is 5. The third-order valence-corrected chi connectivity index (χ3v) is 3.28. The van der Waals surface area contributed by atoms with Crippen LogP contribution in [0.2, 0.25) is 0 Å². The lowest BCUT2D eigenvalue weighted by Crippen LogP contribution is -2.31. The van der Waals surface area contributed by atoms with E-state index in [-0.39, 0.29) is 0 Å². The number of rotatable bonds is 7. The van der Waals surface area contributed by atoms with Gasteiger partial charge in [0.15, 0.2) is 0 Å². The molecule has 25 heavy (non-hydrogen) atoms. The van der Waals surface area contributed by atoms with E-state index in [4.69, 9.17) is 9.84 Å². The number of carbonyl (C=O) groups excluding carboxylic acids is 2. The predicted octanol–water partition coefficient (Wildman–Crippen LogP) is 2.13. The highest BCUT2D eigenvalue weighted by Gasteiger charge is 2.24. The molecule has 0 aliphatic rings. The highest BCUT2D eigenvalue weighted by Crippen LogP contribution is 2.25. The lowest BCUT2D eigenvalue weighted by atomic mass is 9.91. The van der Waals surface area contributed by atoms with Gasteiger partial charge in [-0.05, 0) is 11.1 Å². The fraction of sp³-hybridized carbons (Fsp3) is 0.167. The first kappa shape index (κ1) is 18.0. The Bertz CT molecular complexity index is 677. The summed E-state index contributed by atoms with van der Waals surface area (Å²) in [5.41, 5.74) is 1.49. The molecule has 0 aliphatic carbocycles. The molecule has 0 unspecified atom stereocenters. The molecule has 0 radical (unpaired) electrons. The van der Waals surface area contributed by atoms with E-state index in [1.165, 1.54) is 0 Å². The van der Waals surface area contributed by atoms with Crippen molar-refractivity contribution >= 4 is 18.0 Å². The van der Waals surface area contributed by atoms with E-state index >= 15 is 0 Å². The van der Waals surface area contributed by atoms with Crippen LogP contribution in [-0.4, -0.2) is 36.5 Å². The summed E-state index contributed by atoms with van der Waals surface area (Å²) < 4.78 is 9.65. The van der Waals surface area contributed by atoms with Crippen LogP contribution in [0.15, 0.2) is 60.7 Å². The zero-order valence-electron chi connectivity index (χ0n) is 13.3. The Morgan fingerprint density at radius 3 is 1.88 bits per heavy atom. The van der Waals surface area contributed by atoms with Gasteiger partial charge in [-0.15, -0.1) is 0 Å². The summed E-state index contributed by atoms with van der Waals surface area (Å²) in [5.74, 6) is -2.45. The van der Waals surface area contributed by atoms with Gasteiger partial charge < -0.3 is 19.9 Å². The topological polar surface area (TPSA) is 102 Å². The second kappa shape index (κ2) is 9.07. The maximum atomic E-state index is 12.5. The van der Waals surface area contributed by atoms with Gasteiger partial charge in [0.1, 0.15) is 12.5 Å². The summed E-state index contributed by atoms with van der Waals surface area (Å²) in [4.78, 5) is 34.0. The van der Waals surface area contributed by atoms with Crippen LogP contribution in [0.4, 0.5) is 4.79 Å². The number of carboxylic acids is 1. The van der Waals surface area contributed by atoms with E-state index < -0.39 is 37.3 Å². The number of carboxylic acid groups (broad SMARTS) is 1. The normalized spacial score (nSPS) is 10.1. The van der Waals surface area contributed by atoms with Crippen molar-refractivity contribution in [3.8, 4) is 0 Å². The first-order chi connectivity index (χ1) is 12.1. The molecule has 1 amide bonds. The Morgan fingerprint density at radius 1 is 0.880 bits per heavy atom. The summed E-state index contributed by atoms with van der Waals surface area (Å²) >= 11 is 0. The predicted molar refractivity (Wildman–Crippen MR) is 87.8 cm³/mol. The first-order valence-corrected chi connectivity index (χ1v) is 7.47. The standard InChI is InChI=1S/C18H17NO6/c20-15(21)11-19-18(23)25-12-24-17(22)16(13-7-3-1-4-8-13)14-9-5-2-6-10-14/h1-10,16H,11-12H2,(H,19,23)(H,20,21). The van der Waals surface area contributed by atoms with E-state index in [1.54, 1.807) is 24.3 Å². The summed E-state index contributed by atoms with van der Waals surface area (Å²) in [6, 6.07) is 18.2. The average molecular weight is 343 g/mol. The average Bonchev–Trinajstić information content (AvgIpc) is 2.62. The van der Waals surface area contributed by atoms with Crippen molar-refractivity contribution in [1.29, 1.82) is 0 Å². The maximum absolute atomic E-state index is 12.5. The summed E-state index contributed by atoms with van der Waals surface area (Å²) in [7, 11) is 0. The third kappa shape index (κ3) is 5.65. The molecule has 0 heterocycles. The van der Waals surface area contributed by atoms with Gasteiger partial charge in [-0.1, -0.05) is 60.7 Å². The molecule has 2 N–H and O–H groups in total. The molecule has 7 heteroatoms. The molecule has 2 rings (SSSR count). The van der Waals surface area contributed by atoms with Crippen molar-refractivity contribution in [3.63, 3.8) is 0 Å². The van der Waals surface area contributed by atoms with E-state index in [0.29, 0.717) is 0 Å². The summed E-state index contributed by atoms with van der Waals surface area (Å²) in [6.07, 6.45) is -0.980. The number of ether oxygens (including phenoxy) is 2. The summed E-state index contributed by atoms with van der Waals surface area (Å²) in [6.45, 7) is -1.19. The highest BCUT2D eigenvalue weighted by molar-refractivity contribution is 5.82. The van der Waals surface area contributed by atoms with Crippen LogP contribution in [0.5, 0.6) is 0 Å². The Labute approximate surface area is 144 Å². The number of aliphatic carboxylic acids is 1. The van der Waals surface area contributed by atoms with Gasteiger partial charge >= 0.3 is 18.0 Å². The van der Waals surface area contributed by atoms with Crippen molar-refractivity contribution in [3.05, 3.63) is 71.8 Å². The minimum Gasteiger partial charge on any atom is -0.480 e. The highest BCUT2D eigenvalue weighted by atomic mass is 16.7. The molecule has 0 aliphatic heterocycles. The van der Waals surface area contributed by atoms with Crippen LogP contribution in [0, 0.1) is 0 Å². The monoisotopic (exact) mass is 343 g/mol. The second-order valence-corrected chi connectivity index (χ2v) is 5.01. The summed E-state index contributed by atoms with van der Waals surface area (Å²) in [5, 5.41) is 10.4. The molecular formula is C18H17NO6. The van der Waals surface area contributed by atoms with E-state index in [2.05, 4.69) is 4.74 Å². The molecule has 0 atom stereocenters. The van der Waals surface area contributed by atoms with Gasteiger partial charge in [0.2, 0.25) is 6.79 Å². The van der Waals surface area contributed by atoms with Crippen molar-refractivity contribution in [2.75, 3.05) is 13.3 Å². The molecule has 2 aromatic rings. The lowest BCUT2D eigenvalue weighted by Gasteiger charge is -2.17. The van der Waals surface area contributed by atoms with Gasteiger partial charge in [-0.2, -0.15) is 0 Å². The van der Waals surface area contributed by atoms with E-state index in [9.17, 15) is 14.4 Å². The number of benzene rings is 2. The number of amides is 1. The smallest absolute Gasteiger partial charge is 0.410 e. The molecule has 0 spiro atoms. The zero-order chi connectivity index (χ0) is 18.1. The molecule has 130 valence electrons. The van der Waals surface area contributed by atoms with Crippen LogP contribution in [-0.2, 0) is 19.1 Å². The zero-order valence-corrected chi connectivity index (χ0v) is 13.3. The fourth-order valence-electron chi connectivity index (χ4n) is 2.18. The minimum absolute atomic E-state index is 0.580. The second-order valence-electron chi connectivity index (χ2n) is 5.01. The van der Waals surface area contributed by atoms with Crippen LogP contribution in [0.1, 0.15) is 17.0 Å². The molecule has 7 nitrogen and oxygen atoms in total. The minimum atomic E-state index is -1.21. The van der Waals surface area contributed by atoms with Gasteiger partial charge in [0.25, 0.3) is 0 Å². The Balaban J connectivity index is 2.00. The molecule has 0 saturated heterocycles. The van der Waals surface area contributed by atoms with Gasteiger partial charge in [0, 0.05) is 0 Å². The van der Waals surface area contributed by atoms with Gasteiger partial charge in [-0.3, -0.25) is 9.59 Å². The van der Waals surface area contributed by atoms with Crippen molar-refractivity contribution in [2.24, 2.45) is 0 Å². The van der Waals surface area contributed by atoms with Crippen LogP contribution in [0.3, 0.4) is 0 Å². The third-order valence-electron chi connectivity index (χ3n) is 3.28. The fourth-order valence-corrected chi connectivity index (χ4v) is 2.18. The Hall–Kier alpha value is -3.35. The number of alkyl carbamates (subject to hydrolysis) is 1. The van der Waals surface area contributed by atoms with Crippen molar-refractivity contribution in [1.82, 2.24) is 5.32 Å². The van der Waals surface area contributed by atoms with Gasteiger partial charge in [0.05, 0.1) is 0 Å². The van der Waals surface area contributed by atoms with Gasteiger partial charge in [-0.25, -0.2) is 4.79 Å². The maximum Gasteiger partial charge on any atom is 0.410 e. The van der Waals surface area contributed by atoms with Crippen LogP contribution in [0.25, 0.3) is 0 Å². The van der Waals surface area contributed by atoms with E-state index in [0.717, 1.165) is 11.1 Å². The number of hydrogen-bond donors (Lipinski definition) is 2. The molecular weight excluding hydrogens is 326 g/mol. The van der Waals surface area contributed by atoms with Crippen molar-refractivity contribution < 1.29 is 29.0 Å². The van der Waals surface area contributed by atoms with Crippen LogP contribution < -0.4 is 5.32 Å². The van der Waals surface area contributed by atoms with Crippen molar-refractivity contribution in [2.45, 2.75) is 5.92 Å². The van der Waals surface area contributed by atoms with Crippen LogP contribution >= 0.6 is 0 Å². The molecule has 0 bridgehead atoms. The molecule has 2 aromatic carbocycles. The first-order valence-electron chi connectivity index (χ1n) is 7.47. The molecule has 0 saturated carbocycles. The number of esters is 1. The lowest BCUT2D eigenvalue weighted by molar-refractivity contribution is -0.152. The quantitative estimate of drug-likeness (QED) is 0.590. The Kier molecular flexibility index (Phi) is 6.53. The van der Waals surface area contributed by atoms with E-state index in [1.807, 2.05) is 41.7 Å². The number of nitrogens with one attached hydrogen (secondary N) is 1. The Morgan fingerprint density at radius 2 is 1.40 bits per heavy atom. The SMILES string of the molecule is O=C(O)CNC(=O)OCOC(=O)C(c1ccccc1)c1ccccc1. The largest absolute Gasteiger partial charge is 0.480 e.